The molecule has 1 aliphatic heterocycles. The van der Waals surface area contributed by atoms with Gasteiger partial charge in [0.1, 0.15) is 5.82 Å². The predicted octanol–water partition coefficient (Wildman–Crippen LogP) is 1.62. The van der Waals surface area contributed by atoms with Crippen LogP contribution in [0.4, 0.5) is 4.39 Å². The highest BCUT2D eigenvalue weighted by atomic mass is 19.1. The lowest BCUT2D eigenvalue weighted by molar-refractivity contribution is -0.135. The molecule has 1 saturated heterocycles. The molecule has 0 spiro atoms. The van der Waals surface area contributed by atoms with Crippen LogP contribution in [-0.4, -0.2) is 41.5 Å². The molecule has 1 aromatic carbocycles. The first-order chi connectivity index (χ1) is 11.0. The van der Waals surface area contributed by atoms with Crippen LogP contribution >= 0.6 is 0 Å². The van der Waals surface area contributed by atoms with E-state index < -0.39 is 11.9 Å². The van der Waals surface area contributed by atoms with Gasteiger partial charge in [0.2, 0.25) is 11.8 Å². The molecule has 2 rings (SSSR count). The third kappa shape index (κ3) is 4.51. The highest BCUT2D eigenvalue weighted by Crippen LogP contribution is 2.19. The Hall–Kier alpha value is -1.95. The average molecular weight is 322 g/mol. The molecule has 1 aromatic rings. The molecule has 1 heterocycles. The first kappa shape index (κ1) is 17.4. The van der Waals surface area contributed by atoms with E-state index >= 15 is 0 Å². The number of piperidine rings is 1. The molecular weight excluding hydrogens is 299 g/mol. The van der Waals surface area contributed by atoms with E-state index in [1.165, 1.54) is 12.1 Å². The molecule has 2 amide bonds. The first-order valence-electron chi connectivity index (χ1n) is 8.01. The Bertz CT molecular complexity index is 565. The van der Waals surface area contributed by atoms with Gasteiger partial charge in [-0.3, -0.25) is 9.59 Å². The summed E-state index contributed by atoms with van der Waals surface area (Å²) in [6.45, 7) is 2.86. The number of hydrogen-bond acceptors (Lipinski definition) is 3. The molecule has 5 nitrogen and oxygen atoms in total. The molecule has 2 unspecified atom stereocenters. The maximum absolute atomic E-state index is 13.6. The number of nitrogens with one attached hydrogen (secondary N) is 1. The highest BCUT2D eigenvalue weighted by Gasteiger charge is 2.28. The van der Waals surface area contributed by atoms with Gasteiger partial charge in [-0.1, -0.05) is 25.1 Å². The molecule has 23 heavy (non-hydrogen) atoms. The number of halogens is 1. The molecule has 2 atom stereocenters. The van der Waals surface area contributed by atoms with Crippen molar-refractivity contribution in [2.45, 2.75) is 32.3 Å². The van der Waals surface area contributed by atoms with Crippen molar-refractivity contribution in [3.63, 3.8) is 0 Å². The molecule has 2 N–H and O–H groups in total. The number of benzene rings is 1. The van der Waals surface area contributed by atoms with Gasteiger partial charge in [0.25, 0.3) is 0 Å². The second-order valence-corrected chi connectivity index (χ2v) is 5.81. The van der Waals surface area contributed by atoms with Crippen molar-refractivity contribution in [2.24, 2.45) is 5.92 Å². The Morgan fingerprint density at radius 1 is 1.43 bits per heavy atom. The number of likely N-dealkylation sites (tertiary alicyclic amines) is 1. The van der Waals surface area contributed by atoms with Crippen LogP contribution in [0.25, 0.3) is 0 Å². The van der Waals surface area contributed by atoms with Gasteiger partial charge in [0, 0.05) is 31.6 Å². The second-order valence-electron chi connectivity index (χ2n) is 5.81. The Morgan fingerprint density at radius 3 is 2.87 bits per heavy atom. The highest BCUT2D eigenvalue weighted by molar-refractivity contribution is 5.81. The summed E-state index contributed by atoms with van der Waals surface area (Å²) in [6, 6.07) is 5.95. The molecule has 1 fully saturated rings. The zero-order valence-corrected chi connectivity index (χ0v) is 13.3. The molecule has 0 aliphatic carbocycles. The minimum atomic E-state index is -1.09. The summed E-state index contributed by atoms with van der Waals surface area (Å²) in [5.41, 5.74) is 0.166. The SMILES string of the molecule is CCC(=O)N1CCCC(C(=O)NCC(O)c2ccccc2F)C1. The largest absolute Gasteiger partial charge is 0.386 e. The van der Waals surface area contributed by atoms with Gasteiger partial charge < -0.3 is 15.3 Å². The number of aliphatic hydroxyl groups excluding tert-OH is 1. The average Bonchev–Trinajstić information content (AvgIpc) is 2.59. The topological polar surface area (TPSA) is 69.6 Å². The van der Waals surface area contributed by atoms with Gasteiger partial charge in [-0.2, -0.15) is 0 Å². The van der Waals surface area contributed by atoms with Crippen LogP contribution in [0.3, 0.4) is 0 Å². The van der Waals surface area contributed by atoms with Crippen LogP contribution in [0.15, 0.2) is 24.3 Å². The first-order valence-corrected chi connectivity index (χ1v) is 8.01. The number of aliphatic hydroxyl groups is 1. The fraction of sp³-hybridized carbons (Fsp3) is 0.529. The van der Waals surface area contributed by atoms with Crippen LogP contribution < -0.4 is 5.32 Å². The number of rotatable bonds is 5. The van der Waals surface area contributed by atoms with Crippen molar-refractivity contribution in [3.05, 3.63) is 35.6 Å². The summed E-state index contributed by atoms with van der Waals surface area (Å²) in [7, 11) is 0. The van der Waals surface area contributed by atoms with Crippen molar-refractivity contribution in [1.29, 1.82) is 0 Å². The lowest BCUT2D eigenvalue weighted by atomic mass is 9.96. The Morgan fingerprint density at radius 2 is 2.17 bits per heavy atom. The number of hydrogen-bond donors (Lipinski definition) is 2. The lowest BCUT2D eigenvalue weighted by Gasteiger charge is -2.32. The van der Waals surface area contributed by atoms with Gasteiger partial charge >= 0.3 is 0 Å². The summed E-state index contributed by atoms with van der Waals surface area (Å²) in [4.78, 5) is 25.7. The summed E-state index contributed by atoms with van der Waals surface area (Å²) < 4.78 is 13.6. The summed E-state index contributed by atoms with van der Waals surface area (Å²) in [6.07, 6.45) is 0.854. The number of amides is 2. The van der Waals surface area contributed by atoms with Crippen LogP contribution in [-0.2, 0) is 9.59 Å². The van der Waals surface area contributed by atoms with Gasteiger partial charge in [0.05, 0.1) is 12.0 Å². The van der Waals surface area contributed by atoms with E-state index in [4.69, 9.17) is 0 Å². The summed E-state index contributed by atoms with van der Waals surface area (Å²) in [5, 5.41) is 12.7. The van der Waals surface area contributed by atoms with Crippen molar-refractivity contribution in [1.82, 2.24) is 10.2 Å². The van der Waals surface area contributed by atoms with E-state index in [0.717, 1.165) is 12.8 Å². The minimum absolute atomic E-state index is 0.0437. The second kappa shape index (κ2) is 8.06. The van der Waals surface area contributed by atoms with Gasteiger partial charge in [-0.25, -0.2) is 4.39 Å². The van der Waals surface area contributed by atoms with E-state index in [9.17, 15) is 19.1 Å². The molecule has 0 saturated carbocycles. The van der Waals surface area contributed by atoms with Crippen molar-refractivity contribution < 1.29 is 19.1 Å². The Kier molecular flexibility index (Phi) is 6.10. The molecule has 1 aliphatic rings. The summed E-state index contributed by atoms with van der Waals surface area (Å²) in [5.74, 6) is -0.915. The standard InChI is InChI=1S/C17H23FN2O3/c1-2-16(22)20-9-5-6-12(11-20)17(23)19-10-15(21)13-7-3-4-8-14(13)18/h3-4,7-8,12,15,21H,2,5-6,9-11H2,1H3,(H,19,23). The van der Waals surface area contributed by atoms with Crippen molar-refractivity contribution >= 4 is 11.8 Å². The molecule has 0 aromatic heterocycles. The zero-order valence-electron chi connectivity index (χ0n) is 13.3. The molecule has 126 valence electrons. The van der Waals surface area contributed by atoms with E-state index in [1.807, 2.05) is 0 Å². The fourth-order valence-corrected chi connectivity index (χ4v) is 2.84. The van der Waals surface area contributed by atoms with Crippen LogP contribution in [0.2, 0.25) is 0 Å². The molecule has 0 radical (unpaired) electrons. The van der Waals surface area contributed by atoms with Gasteiger partial charge in [-0.05, 0) is 18.9 Å². The zero-order chi connectivity index (χ0) is 16.8. The van der Waals surface area contributed by atoms with Gasteiger partial charge in [-0.15, -0.1) is 0 Å². The van der Waals surface area contributed by atoms with Crippen LogP contribution in [0.5, 0.6) is 0 Å². The monoisotopic (exact) mass is 322 g/mol. The number of carbonyl (C=O) groups is 2. The Balaban J connectivity index is 1.87. The minimum Gasteiger partial charge on any atom is -0.386 e. The molecule has 0 bridgehead atoms. The van der Waals surface area contributed by atoms with Crippen molar-refractivity contribution in [2.75, 3.05) is 19.6 Å². The predicted molar refractivity (Wildman–Crippen MR) is 84.0 cm³/mol. The summed E-state index contributed by atoms with van der Waals surface area (Å²) >= 11 is 0. The Labute approximate surface area is 135 Å². The van der Waals surface area contributed by atoms with Gasteiger partial charge in [0.15, 0.2) is 0 Å². The smallest absolute Gasteiger partial charge is 0.225 e. The third-order valence-corrected chi connectivity index (χ3v) is 4.18. The molecular formula is C17H23FN2O3. The lowest BCUT2D eigenvalue weighted by Crippen LogP contribution is -2.45. The van der Waals surface area contributed by atoms with E-state index in [0.29, 0.717) is 19.5 Å². The van der Waals surface area contributed by atoms with Crippen LogP contribution in [0.1, 0.15) is 37.9 Å². The van der Waals surface area contributed by atoms with E-state index in [1.54, 1.807) is 24.0 Å². The number of carbonyl (C=O) groups excluding carboxylic acids is 2. The van der Waals surface area contributed by atoms with E-state index in [2.05, 4.69) is 5.32 Å². The fourth-order valence-electron chi connectivity index (χ4n) is 2.84. The number of nitrogens with zero attached hydrogens (tertiary/aromatic N) is 1. The maximum Gasteiger partial charge on any atom is 0.225 e. The molecule has 6 heteroatoms. The van der Waals surface area contributed by atoms with Crippen LogP contribution in [0, 0.1) is 11.7 Å². The quantitative estimate of drug-likeness (QED) is 0.865. The van der Waals surface area contributed by atoms with Crippen molar-refractivity contribution in [3.8, 4) is 0 Å². The maximum atomic E-state index is 13.6. The third-order valence-electron chi connectivity index (χ3n) is 4.18. The normalized spacial score (nSPS) is 19.3. The van der Waals surface area contributed by atoms with E-state index in [-0.39, 0.29) is 29.8 Å².